The highest BCUT2D eigenvalue weighted by Crippen LogP contribution is 2.06. The predicted octanol–water partition coefficient (Wildman–Crippen LogP) is -0.198. The van der Waals surface area contributed by atoms with Crippen LogP contribution in [0.1, 0.15) is 6.92 Å². The third-order valence-electron chi connectivity index (χ3n) is 2.50. The monoisotopic (exact) mass is 300 g/mol. The Kier molecular flexibility index (Phi) is 5.66. The van der Waals surface area contributed by atoms with Gasteiger partial charge in [0, 0.05) is 6.54 Å². The normalized spacial score (nSPS) is 12.7. The van der Waals surface area contributed by atoms with Crippen LogP contribution in [0.5, 0.6) is 0 Å². The molecule has 0 heterocycles. The number of carboxylic acid groups (broad SMARTS) is 1. The van der Waals surface area contributed by atoms with E-state index in [2.05, 4.69) is 10.0 Å². The number of benzene rings is 1. The summed E-state index contributed by atoms with van der Waals surface area (Å²) in [6, 6.07) is 7.64. The first-order valence-electron chi connectivity index (χ1n) is 5.87. The fourth-order valence-electron chi connectivity index (χ4n) is 1.26. The predicted molar refractivity (Wildman–Crippen MR) is 71.4 cm³/mol. The number of rotatable bonds is 7. The van der Waals surface area contributed by atoms with Crippen LogP contribution in [0, 0.1) is 5.92 Å². The van der Waals surface area contributed by atoms with Gasteiger partial charge in [-0.2, -0.15) is 0 Å². The van der Waals surface area contributed by atoms with Gasteiger partial charge in [0.15, 0.2) is 0 Å². The maximum Gasteiger partial charge on any atom is 0.308 e. The number of carbonyl (C=O) groups is 2. The second-order valence-corrected chi connectivity index (χ2v) is 5.95. The van der Waals surface area contributed by atoms with E-state index in [-0.39, 0.29) is 11.4 Å². The molecular weight excluding hydrogens is 284 g/mol. The van der Waals surface area contributed by atoms with E-state index >= 15 is 0 Å². The van der Waals surface area contributed by atoms with Gasteiger partial charge in [-0.05, 0) is 12.1 Å². The lowest BCUT2D eigenvalue weighted by molar-refractivity contribution is -0.141. The van der Waals surface area contributed by atoms with Gasteiger partial charge in [-0.15, -0.1) is 0 Å². The molecule has 0 fully saturated rings. The summed E-state index contributed by atoms with van der Waals surface area (Å²) in [5, 5.41) is 11.0. The van der Waals surface area contributed by atoms with Gasteiger partial charge < -0.3 is 10.4 Å². The van der Waals surface area contributed by atoms with Gasteiger partial charge in [0.2, 0.25) is 15.9 Å². The van der Waals surface area contributed by atoms with Crippen LogP contribution in [0.15, 0.2) is 35.2 Å². The molecule has 1 rings (SSSR count). The highest BCUT2D eigenvalue weighted by molar-refractivity contribution is 7.89. The SMILES string of the molecule is CC(CNC(=O)CNS(=O)(=O)c1ccccc1)C(=O)O. The summed E-state index contributed by atoms with van der Waals surface area (Å²) in [4.78, 5) is 22.0. The minimum atomic E-state index is -3.74. The lowest BCUT2D eigenvalue weighted by Crippen LogP contribution is -2.39. The first-order valence-corrected chi connectivity index (χ1v) is 7.35. The Balaban J connectivity index is 2.47. The zero-order valence-corrected chi connectivity index (χ0v) is 11.7. The second-order valence-electron chi connectivity index (χ2n) is 4.18. The zero-order chi connectivity index (χ0) is 15.2. The van der Waals surface area contributed by atoms with Gasteiger partial charge >= 0.3 is 5.97 Å². The van der Waals surface area contributed by atoms with Crippen molar-refractivity contribution in [2.24, 2.45) is 5.92 Å². The quantitative estimate of drug-likeness (QED) is 0.645. The molecule has 1 atom stereocenters. The van der Waals surface area contributed by atoms with Crippen molar-refractivity contribution in [3.05, 3.63) is 30.3 Å². The van der Waals surface area contributed by atoms with Crippen molar-refractivity contribution in [2.75, 3.05) is 13.1 Å². The number of carboxylic acids is 1. The van der Waals surface area contributed by atoms with Crippen molar-refractivity contribution < 1.29 is 23.1 Å². The first-order chi connectivity index (χ1) is 9.33. The van der Waals surface area contributed by atoms with E-state index in [0.29, 0.717) is 0 Å². The topological polar surface area (TPSA) is 113 Å². The Labute approximate surface area is 117 Å². The minimum absolute atomic E-state index is 0.0543. The van der Waals surface area contributed by atoms with Crippen LogP contribution >= 0.6 is 0 Å². The van der Waals surface area contributed by atoms with Crippen molar-refractivity contribution in [3.8, 4) is 0 Å². The van der Waals surface area contributed by atoms with Crippen LogP contribution < -0.4 is 10.0 Å². The number of aliphatic carboxylic acids is 1. The average Bonchev–Trinajstić information content (AvgIpc) is 2.43. The van der Waals surface area contributed by atoms with Gasteiger partial charge in [-0.1, -0.05) is 25.1 Å². The van der Waals surface area contributed by atoms with Crippen LogP contribution in [0.2, 0.25) is 0 Å². The molecule has 20 heavy (non-hydrogen) atoms. The number of nitrogens with one attached hydrogen (secondary N) is 2. The molecule has 0 radical (unpaired) electrons. The molecule has 0 aromatic heterocycles. The van der Waals surface area contributed by atoms with E-state index in [4.69, 9.17) is 5.11 Å². The Morgan fingerprint density at radius 2 is 1.85 bits per heavy atom. The molecule has 1 unspecified atom stereocenters. The molecule has 0 bridgehead atoms. The highest BCUT2D eigenvalue weighted by Gasteiger charge is 2.16. The Morgan fingerprint density at radius 3 is 2.40 bits per heavy atom. The lowest BCUT2D eigenvalue weighted by Gasteiger charge is -2.09. The van der Waals surface area contributed by atoms with Crippen molar-refractivity contribution in [1.29, 1.82) is 0 Å². The maximum absolute atomic E-state index is 11.8. The summed E-state index contributed by atoms with van der Waals surface area (Å²) in [5.41, 5.74) is 0. The molecule has 110 valence electrons. The van der Waals surface area contributed by atoms with Crippen LogP contribution in [0.4, 0.5) is 0 Å². The Hall–Kier alpha value is -1.93. The molecule has 1 amide bonds. The standard InChI is InChI=1S/C12H16N2O5S/c1-9(12(16)17)7-13-11(15)8-14-20(18,19)10-5-3-2-4-6-10/h2-6,9,14H,7-8H2,1H3,(H,13,15)(H,16,17). The van der Waals surface area contributed by atoms with Crippen molar-refractivity contribution in [3.63, 3.8) is 0 Å². The highest BCUT2D eigenvalue weighted by atomic mass is 32.2. The molecule has 0 spiro atoms. The third kappa shape index (κ3) is 4.98. The fraction of sp³-hybridized carbons (Fsp3) is 0.333. The summed E-state index contributed by atoms with van der Waals surface area (Å²) in [7, 11) is -3.74. The van der Waals surface area contributed by atoms with E-state index < -0.39 is 34.4 Å². The van der Waals surface area contributed by atoms with Crippen LogP contribution in [0.25, 0.3) is 0 Å². The van der Waals surface area contributed by atoms with E-state index in [0.717, 1.165) is 0 Å². The summed E-state index contributed by atoms with van der Waals surface area (Å²) in [5.74, 6) is -2.35. The smallest absolute Gasteiger partial charge is 0.308 e. The number of hydrogen-bond acceptors (Lipinski definition) is 4. The molecule has 0 aliphatic heterocycles. The number of amides is 1. The molecule has 0 aliphatic carbocycles. The van der Waals surface area contributed by atoms with Crippen LogP contribution in [-0.4, -0.2) is 38.5 Å². The van der Waals surface area contributed by atoms with E-state index in [9.17, 15) is 18.0 Å². The van der Waals surface area contributed by atoms with Crippen molar-refractivity contribution in [1.82, 2.24) is 10.0 Å². The van der Waals surface area contributed by atoms with Gasteiger partial charge in [-0.25, -0.2) is 13.1 Å². The largest absolute Gasteiger partial charge is 0.481 e. The molecule has 0 saturated carbocycles. The summed E-state index contributed by atoms with van der Waals surface area (Å²) in [6.07, 6.45) is 0. The second kappa shape index (κ2) is 7.01. The van der Waals surface area contributed by atoms with E-state index in [1.54, 1.807) is 18.2 Å². The first kappa shape index (κ1) is 16.1. The number of hydrogen-bond donors (Lipinski definition) is 3. The van der Waals surface area contributed by atoms with Gasteiger partial charge in [0.05, 0.1) is 17.4 Å². The van der Waals surface area contributed by atoms with Crippen LogP contribution in [0.3, 0.4) is 0 Å². The number of sulfonamides is 1. The van der Waals surface area contributed by atoms with Gasteiger partial charge in [0.1, 0.15) is 0 Å². The maximum atomic E-state index is 11.8. The van der Waals surface area contributed by atoms with E-state index in [1.807, 2.05) is 0 Å². The summed E-state index contributed by atoms with van der Waals surface area (Å²) in [6.45, 7) is 0.946. The molecule has 1 aromatic rings. The average molecular weight is 300 g/mol. The molecule has 7 nitrogen and oxygen atoms in total. The van der Waals surface area contributed by atoms with E-state index in [1.165, 1.54) is 19.1 Å². The molecule has 1 aromatic carbocycles. The molecule has 0 aliphatic rings. The molecule has 3 N–H and O–H groups in total. The molecule has 0 saturated heterocycles. The zero-order valence-electron chi connectivity index (χ0n) is 10.9. The minimum Gasteiger partial charge on any atom is -0.481 e. The van der Waals surface area contributed by atoms with Crippen molar-refractivity contribution in [2.45, 2.75) is 11.8 Å². The lowest BCUT2D eigenvalue weighted by atomic mass is 10.2. The van der Waals surface area contributed by atoms with Gasteiger partial charge in [-0.3, -0.25) is 9.59 Å². The number of carbonyl (C=O) groups excluding carboxylic acids is 1. The fourth-order valence-corrected chi connectivity index (χ4v) is 2.26. The molecule has 8 heteroatoms. The summed E-state index contributed by atoms with van der Waals surface area (Å²) >= 11 is 0. The Morgan fingerprint density at radius 1 is 1.25 bits per heavy atom. The van der Waals surface area contributed by atoms with Crippen molar-refractivity contribution >= 4 is 21.9 Å². The third-order valence-corrected chi connectivity index (χ3v) is 3.92. The molecular formula is C12H16N2O5S. The Bertz CT molecular complexity index is 571. The van der Waals surface area contributed by atoms with Crippen LogP contribution in [-0.2, 0) is 19.6 Å². The van der Waals surface area contributed by atoms with Gasteiger partial charge in [0.25, 0.3) is 0 Å². The summed E-state index contributed by atoms with van der Waals surface area (Å²) < 4.78 is 25.7.